The summed E-state index contributed by atoms with van der Waals surface area (Å²) in [6.07, 6.45) is 7.17. The van der Waals surface area contributed by atoms with Crippen molar-refractivity contribution in [3.63, 3.8) is 0 Å². The summed E-state index contributed by atoms with van der Waals surface area (Å²) in [5, 5.41) is 3.36. The summed E-state index contributed by atoms with van der Waals surface area (Å²) in [6, 6.07) is 14.5. The highest BCUT2D eigenvalue weighted by Gasteiger charge is 2.07. The molecule has 1 N–H and O–H groups in total. The standard InChI is InChI=1S/C20H27N3O/c1-23(17-12-19-9-14-22-15-10-19)20(24)11-16-21-13-5-8-18-6-3-2-4-7-18/h2-4,6-7,9-10,14-15,21H,5,8,11-13,16-17H2,1H3. The smallest absolute Gasteiger partial charge is 0.223 e. The molecule has 0 atom stereocenters. The summed E-state index contributed by atoms with van der Waals surface area (Å²) < 4.78 is 0. The van der Waals surface area contributed by atoms with E-state index in [1.165, 1.54) is 11.1 Å². The molecule has 2 rings (SSSR count). The van der Waals surface area contributed by atoms with Crippen molar-refractivity contribution in [2.24, 2.45) is 0 Å². The fourth-order valence-electron chi connectivity index (χ4n) is 2.54. The van der Waals surface area contributed by atoms with Crippen molar-refractivity contribution in [3.05, 3.63) is 66.0 Å². The molecular weight excluding hydrogens is 298 g/mol. The number of carbonyl (C=O) groups excluding carboxylic acids is 1. The highest BCUT2D eigenvalue weighted by atomic mass is 16.2. The summed E-state index contributed by atoms with van der Waals surface area (Å²) in [7, 11) is 1.87. The molecule has 1 amide bonds. The number of hydrogen-bond acceptors (Lipinski definition) is 3. The van der Waals surface area contributed by atoms with Crippen molar-refractivity contribution < 1.29 is 4.79 Å². The van der Waals surface area contributed by atoms with Crippen molar-refractivity contribution in [1.82, 2.24) is 15.2 Å². The van der Waals surface area contributed by atoms with Crippen LogP contribution in [0.4, 0.5) is 0 Å². The summed E-state index contributed by atoms with van der Waals surface area (Å²) in [4.78, 5) is 17.9. The number of aryl methyl sites for hydroxylation is 1. The van der Waals surface area contributed by atoms with E-state index in [0.29, 0.717) is 6.42 Å². The average Bonchev–Trinajstić information content (AvgIpc) is 2.64. The van der Waals surface area contributed by atoms with Gasteiger partial charge in [0.25, 0.3) is 0 Å². The summed E-state index contributed by atoms with van der Waals surface area (Å²) in [5.41, 5.74) is 2.58. The molecule has 0 unspecified atom stereocenters. The number of amides is 1. The van der Waals surface area contributed by atoms with Crippen LogP contribution in [-0.4, -0.2) is 42.5 Å². The number of nitrogens with one attached hydrogen (secondary N) is 1. The molecule has 0 bridgehead atoms. The molecule has 1 heterocycles. The third-order valence-corrected chi connectivity index (χ3v) is 4.09. The van der Waals surface area contributed by atoms with E-state index in [1.807, 2.05) is 30.1 Å². The molecule has 1 aromatic heterocycles. The first kappa shape index (κ1) is 18.1. The van der Waals surface area contributed by atoms with E-state index in [2.05, 4.69) is 34.6 Å². The lowest BCUT2D eigenvalue weighted by atomic mass is 10.1. The lowest BCUT2D eigenvalue weighted by molar-refractivity contribution is -0.129. The van der Waals surface area contributed by atoms with Crippen molar-refractivity contribution >= 4 is 5.91 Å². The largest absolute Gasteiger partial charge is 0.345 e. The van der Waals surface area contributed by atoms with Gasteiger partial charge >= 0.3 is 0 Å². The SMILES string of the molecule is CN(CCc1ccncc1)C(=O)CCNCCCc1ccccc1. The monoisotopic (exact) mass is 325 g/mol. The molecule has 0 spiro atoms. The zero-order valence-corrected chi connectivity index (χ0v) is 14.4. The van der Waals surface area contributed by atoms with Gasteiger partial charge in [0, 0.05) is 39.0 Å². The Morgan fingerprint density at radius 3 is 2.46 bits per heavy atom. The molecule has 0 aliphatic heterocycles. The maximum absolute atomic E-state index is 12.1. The van der Waals surface area contributed by atoms with Crippen LogP contribution in [0.5, 0.6) is 0 Å². The third kappa shape index (κ3) is 6.92. The number of nitrogens with zero attached hydrogens (tertiary/aromatic N) is 2. The maximum Gasteiger partial charge on any atom is 0.223 e. The Morgan fingerprint density at radius 2 is 1.71 bits per heavy atom. The Bertz CT molecular complexity index is 586. The molecule has 24 heavy (non-hydrogen) atoms. The van der Waals surface area contributed by atoms with Crippen LogP contribution in [0.3, 0.4) is 0 Å². The van der Waals surface area contributed by atoms with Gasteiger partial charge in [0.1, 0.15) is 0 Å². The molecule has 4 nitrogen and oxygen atoms in total. The van der Waals surface area contributed by atoms with E-state index in [9.17, 15) is 4.79 Å². The third-order valence-electron chi connectivity index (χ3n) is 4.09. The second-order valence-electron chi connectivity index (χ2n) is 6.01. The molecule has 0 aliphatic carbocycles. The van der Waals surface area contributed by atoms with Gasteiger partial charge in [-0.1, -0.05) is 30.3 Å². The van der Waals surface area contributed by atoms with Gasteiger partial charge in [-0.25, -0.2) is 0 Å². The quantitative estimate of drug-likeness (QED) is 0.683. The van der Waals surface area contributed by atoms with E-state index in [0.717, 1.165) is 38.9 Å². The lowest BCUT2D eigenvalue weighted by Crippen LogP contribution is -2.31. The number of carbonyl (C=O) groups is 1. The van der Waals surface area contributed by atoms with E-state index >= 15 is 0 Å². The summed E-state index contributed by atoms with van der Waals surface area (Å²) in [6.45, 7) is 2.44. The predicted octanol–water partition coefficient (Wildman–Crippen LogP) is 2.70. The Labute approximate surface area is 144 Å². The number of aromatic nitrogens is 1. The summed E-state index contributed by atoms with van der Waals surface area (Å²) >= 11 is 0. The van der Waals surface area contributed by atoms with E-state index in [1.54, 1.807) is 12.4 Å². The van der Waals surface area contributed by atoms with Crippen LogP contribution in [0.25, 0.3) is 0 Å². The number of likely N-dealkylation sites (N-methyl/N-ethyl adjacent to an activating group) is 1. The minimum atomic E-state index is 0.194. The molecule has 2 aromatic rings. The van der Waals surface area contributed by atoms with Crippen molar-refractivity contribution in [3.8, 4) is 0 Å². The number of benzene rings is 1. The highest BCUT2D eigenvalue weighted by molar-refractivity contribution is 5.76. The minimum absolute atomic E-state index is 0.194. The Balaban J connectivity index is 1.52. The van der Waals surface area contributed by atoms with Gasteiger partial charge in [0.2, 0.25) is 5.91 Å². The van der Waals surface area contributed by atoms with Crippen LogP contribution in [0.1, 0.15) is 24.0 Å². The molecule has 1 aromatic carbocycles. The molecular formula is C20H27N3O. The van der Waals surface area contributed by atoms with E-state index < -0.39 is 0 Å². The first-order valence-corrected chi connectivity index (χ1v) is 8.63. The van der Waals surface area contributed by atoms with Crippen LogP contribution >= 0.6 is 0 Å². The molecule has 4 heteroatoms. The van der Waals surface area contributed by atoms with Gasteiger partial charge in [0.15, 0.2) is 0 Å². The Morgan fingerprint density at radius 1 is 1.00 bits per heavy atom. The van der Waals surface area contributed by atoms with Gasteiger partial charge in [-0.3, -0.25) is 9.78 Å². The number of pyridine rings is 1. The molecule has 0 saturated heterocycles. The van der Waals surface area contributed by atoms with Gasteiger partial charge < -0.3 is 10.2 Å². The van der Waals surface area contributed by atoms with Crippen LogP contribution in [0.2, 0.25) is 0 Å². The van der Waals surface area contributed by atoms with Crippen LogP contribution in [-0.2, 0) is 17.6 Å². The second kappa shape index (κ2) is 10.6. The topological polar surface area (TPSA) is 45.2 Å². The molecule has 0 fully saturated rings. The highest BCUT2D eigenvalue weighted by Crippen LogP contribution is 2.02. The first-order chi connectivity index (χ1) is 11.8. The fourth-order valence-corrected chi connectivity index (χ4v) is 2.54. The van der Waals surface area contributed by atoms with Crippen LogP contribution in [0, 0.1) is 0 Å². The Kier molecular flexibility index (Phi) is 7.98. The average molecular weight is 325 g/mol. The summed E-state index contributed by atoms with van der Waals surface area (Å²) in [5.74, 6) is 0.194. The fraction of sp³-hybridized carbons (Fsp3) is 0.400. The lowest BCUT2D eigenvalue weighted by Gasteiger charge is -2.17. The Hall–Kier alpha value is -2.20. The van der Waals surface area contributed by atoms with Gasteiger partial charge in [0.05, 0.1) is 0 Å². The zero-order valence-electron chi connectivity index (χ0n) is 14.4. The van der Waals surface area contributed by atoms with Crippen LogP contribution < -0.4 is 5.32 Å². The van der Waals surface area contributed by atoms with E-state index in [4.69, 9.17) is 0 Å². The zero-order chi connectivity index (χ0) is 17.0. The van der Waals surface area contributed by atoms with Crippen molar-refractivity contribution in [2.75, 3.05) is 26.7 Å². The molecule has 0 radical (unpaired) electrons. The van der Waals surface area contributed by atoms with Gasteiger partial charge in [-0.2, -0.15) is 0 Å². The van der Waals surface area contributed by atoms with Crippen LogP contribution in [0.15, 0.2) is 54.9 Å². The molecule has 0 saturated carbocycles. The number of hydrogen-bond donors (Lipinski definition) is 1. The molecule has 128 valence electrons. The maximum atomic E-state index is 12.1. The minimum Gasteiger partial charge on any atom is -0.345 e. The van der Waals surface area contributed by atoms with Gasteiger partial charge in [-0.05, 0) is 49.1 Å². The predicted molar refractivity (Wildman–Crippen MR) is 97.8 cm³/mol. The van der Waals surface area contributed by atoms with E-state index in [-0.39, 0.29) is 5.91 Å². The first-order valence-electron chi connectivity index (χ1n) is 8.63. The number of rotatable bonds is 10. The van der Waals surface area contributed by atoms with Crippen molar-refractivity contribution in [2.45, 2.75) is 25.7 Å². The van der Waals surface area contributed by atoms with Gasteiger partial charge in [-0.15, -0.1) is 0 Å². The van der Waals surface area contributed by atoms with Crippen molar-refractivity contribution in [1.29, 1.82) is 0 Å². The second-order valence-corrected chi connectivity index (χ2v) is 6.01. The normalized spacial score (nSPS) is 10.5. The molecule has 0 aliphatic rings.